The van der Waals surface area contributed by atoms with Crippen molar-refractivity contribution in [2.75, 3.05) is 7.05 Å². The molecule has 0 aliphatic carbocycles. The van der Waals surface area contributed by atoms with Crippen LogP contribution in [0.3, 0.4) is 0 Å². The van der Waals surface area contributed by atoms with E-state index < -0.39 is 15.5 Å². The van der Waals surface area contributed by atoms with Crippen molar-refractivity contribution < 1.29 is 18.2 Å². The minimum atomic E-state index is -4.13. The highest BCUT2D eigenvalue weighted by Gasteiger charge is 2.20. The quantitative estimate of drug-likeness (QED) is 0.417. The standard InChI is InChI=1S/C3H9NO4S/c1-3(4(2)5)9(6,7)8/h3,5H,1-2H3,(H,6,7,8). The molecule has 0 radical (unpaired) electrons. The van der Waals surface area contributed by atoms with E-state index in [2.05, 4.69) is 0 Å². The summed E-state index contributed by atoms with van der Waals surface area (Å²) in [6, 6.07) is 0. The van der Waals surface area contributed by atoms with Crippen molar-refractivity contribution in [2.24, 2.45) is 0 Å². The summed E-state index contributed by atoms with van der Waals surface area (Å²) < 4.78 is 28.5. The fraction of sp³-hybridized carbons (Fsp3) is 1.00. The second-order valence-corrected chi connectivity index (χ2v) is 3.40. The van der Waals surface area contributed by atoms with Gasteiger partial charge in [-0.1, -0.05) is 0 Å². The summed E-state index contributed by atoms with van der Waals surface area (Å²) in [4.78, 5) is 0. The van der Waals surface area contributed by atoms with Crippen LogP contribution in [0.4, 0.5) is 0 Å². The molecule has 0 aromatic heterocycles. The zero-order valence-corrected chi connectivity index (χ0v) is 5.96. The van der Waals surface area contributed by atoms with Gasteiger partial charge in [0.25, 0.3) is 10.1 Å². The van der Waals surface area contributed by atoms with Gasteiger partial charge in [-0.3, -0.25) is 4.55 Å². The first-order valence-corrected chi connectivity index (χ1v) is 3.74. The maximum Gasteiger partial charge on any atom is 0.283 e. The Balaban J connectivity index is 4.24. The fourth-order valence-corrected chi connectivity index (χ4v) is 0.578. The van der Waals surface area contributed by atoms with E-state index in [1.54, 1.807) is 0 Å². The average molecular weight is 155 g/mol. The summed E-state index contributed by atoms with van der Waals surface area (Å²) in [6.45, 7) is 1.16. The van der Waals surface area contributed by atoms with Crippen LogP contribution in [-0.2, 0) is 10.1 Å². The molecule has 2 N–H and O–H groups in total. The van der Waals surface area contributed by atoms with Crippen molar-refractivity contribution in [3.63, 3.8) is 0 Å². The van der Waals surface area contributed by atoms with Crippen LogP contribution in [0.15, 0.2) is 0 Å². The first-order chi connectivity index (χ1) is 3.85. The molecule has 0 aromatic carbocycles. The van der Waals surface area contributed by atoms with E-state index in [0.29, 0.717) is 5.06 Å². The third kappa shape index (κ3) is 2.75. The molecule has 0 heterocycles. The second kappa shape index (κ2) is 2.61. The molecule has 9 heavy (non-hydrogen) atoms. The number of hydroxylamine groups is 2. The molecule has 0 amide bonds. The lowest BCUT2D eigenvalue weighted by Gasteiger charge is -2.13. The van der Waals surface area contributed by atoms with Crippen molar-refractivity contribution >= 4 is 10.1 Å². The maximum absolute atomic E-state index is 10.1. The fourth-order valence-electron chi connectivity index (χ4n) is 0.193. The van der Waals surface area contributed by atoms with Crippen molar-refractivity contribution in [2.45, 2.75) is 12.3 Å². The van der Waals surface area contributed by atoms with E-state index in [1.165, 1.54) is 0 Å². The number of rotatable bonds is 2. The van der Waals surface area contributed by atoms with Gasteiger partial charge >= 0.3 is 0 Å². The van der Waals surface area contributed by atoms with E-state index in [0.717, 1.165) is 14.0 Å². The number of nitrogens with zero attached hydrogens (tertiary/aromatic N) is 1. The normalized spacial score (nSPS) is 16.1. The summed E-state index contributed by atoms with van der Waals surface area (Å²) in [5.41, 5.74) is 0. The molecule has 0 spiro atoms. The topological polar surface area (TPSA) is 77.8 Å². The molecule has 0 aliphatic heterocycles. The summed E-state index contributed by atoms with van der Waals surface area (Å²) in [6.07, 6.45) is 0. The second-order valence-electron chi connectivity index (χ2n) is 1.69. The van der Waals surface area contributed by atoms with E-state index in [-0.39, 0.29) is 0 Å². The van der Waals surface area contributed by atoms with Crippen LogP contribution in [0.5, 0.6) is 0 Å². The Hall–Kier alpha value is -0.170. The Kier molecular flexibility index (Phi) is 2.56. The van der Waals surface area contributed by atoms with Gasteiger partial charge in [0.15, 0.2) is 5.37 Å². The van der Waals surface area contributed by atoms with Crippen LogP contribution in [0.25, 0.3) is 0 Å². The summed E-state index contributed by atoms with van der Waals surface area (Å²) in [7, 11) is -2.99. The predicted octanol–water partition coefficient (Wildman–Crippen LogP) is -0.459. The molecule has 56 valence electrons. The molecule has 5 nitrogen and oxygen atoms in total. The van der Waals surface area contributed by atoms with Gasteiger partial charge in [0, 0.05) is 7.05 Å². The van der Waals surface area contributed by atoms with Crippen molar-refractivity contribution in [1.29, 1.82) is 0 Å². The predicted molar refractivity (Wildman–Crippen MR) is 30.6 cm³/mol. The minimum Gasteiger partial charge on any atom is -0.313 e. The van der Waals surface area contributed by atoms with Gasteiger partial charge in [0.2, 0.25) is 0 Å². The van der Waals surface area contributed by atoms with Gasteiger partial charge in [-0.15, -0.1) is 0 Å². The van der Waals surface area contributed by atoms with Crippen LogP contribution in [0.1, 0.15) is 6.92 Å². The largest absolute Gasteiger partial charge is 0.313 e. The third-order valence-electron chi connectivity index (χ3n) is 0.957. The Bertz CT molecular complexity index is 172. The number of hydrogen-bond donors (Lipinski definition) is 2. The molecular formula is C3H9NO4S. The van der Waals surface area contributed by atoms with E-state index >= 15 is 0 Å². The zero-order chi connectivity index (χ0) is 7.65. The molecule has 0 fully saturated rings. The molecule has 0 saturated heterocycles. The highest BCUT2D eigenvalue weighted by Crippen LogP contribution is 1.98. The minimum absolute atomic E-state index is 0.412. The van der Waals surface area contributed by atoms with Gasteiger partial charge in [-0.25, -0.2) is 0 Å². The number of hydrogen-bond acceptors (Lipinski definition) is 4. The average Bonchev–Trinajstić information content (AvgIpc) is 1.62. The maximum atomic E-state index is 10.1. The Morgan fingerprint density at radius 2 is 1.89 bits per heavy atom. The zero-order valence-electron chi connectivity index (χ0n) is 5.14. The molecule has 0 aliphatic rings. The van der Waals surface area contributed by atoms with Gasteiger partial charge in [-0.05, 0) is 6.92 Å². The highest BCUT2D eigenvalue weighted by atomic mass is 32.2. The highest BCUT2D eigenvalue weighted by molar-refractivity contribution is 7.86. The summed E-state index contributed by atoms with van der Waals surface area (Å²) >= 11 is 0. The van der Waals surface area contributed by atoms with E-state index in [1.807, 2.05) is 0 Å². The summed E-state index contributed by atoms with van der Waals surface area (Å²) in [5, 5.41) is 7.60. The van der Waals surface area contributed by atoms with Gasteiger partial charge in [-0.2, -0.15) is 13.5 Å². The monoisotopic (exact) mass is 155 g/mol. The van der Waals surface area contributed by atoms with Crippen LogP contribution >= 0.6 is 0 Å². The van der Waals surface area contributed by atoms with E-state index in [9.17, 15) is 8.42 Å². The molecule has 6 heteroatoms. The van der Waals surface area contributed by atoms with Crippen LogP contribution in [0.2, 0.25) is 0 Å². The molecular weight excluding hydrogens is 146 g/mol. The smallest absolute Gasteiger partial charge is 0.283 e. The molecule has 0 bridgehead atoms. The molecule has 0 aromatic rings. The van der Waals surface area contributed by atoms with Crippen LogP contribution < -0.4 is 0 Å². The van der Waals surface area contributed by atoms with Gasteiger partial charge in [0.1, 0.15) is 0 Å². The Morgan fingerprint density at radius 3 is 1.89 bits per heavy atom. The summed E-state index contributed by atoms with van der Waals surface area (Å²) in [5.74, 6) is 0. The van der Waals surface area contributed by atoms with Crippen LogP contribution in [-0.4, -0.2) is 35.7 Å². The van der Waals surface area contributed by atoms with Crippen molar-refractivity contribution in [1.82, 2.24) is 5.06 Å². The molecule has 0 saturated carbocycles. The van der Waals surface area contributed by atoms with Crippen molar-refractivity contribution in [3.05, 3.63) is 0 Å². The first kappa shape index (κ1) is 8.83. The van der Waals surface area contributed by atoms with Crippen LogP contribution in [0, 0.1) is 0 Å². The van der Waals surface area contributed by atoms with Crippen molar-refractivity contribution in [3.8, 4) is 0 Å². The molecule has 0 rings (SSSR count). The Morgan fingerprint density at radius 1 is 1.56 bits per heavy atom. The third-order valence-corrected chi connectivity index (χ3v) is 2.12. The first-order valence-electron chi connectivity index (χ1n) is 2.23. The van der Waals surface area contributed by atoms with Gasteiger partial charge < -0.3 is 5.21 Å². The lowest BCUT2D eigenvalue weighted by atomic mass is 10.7. The Labute approximate surface area is 53.6 Å². The lowest BCUT2D eigenvalue weighted by molar-refractivity contribution is -0.0748. The SMILES string of the molecule is CC(N(C)O)S(=O)(=O)O. The molecule has 1 atom stereocenters. The van der Waals surface area contributed by atoms with Gasteiger partial charge in [0.05, 0.1) is 0 Å². The lowest BCUT2D eigenvalue weighted by Crippen LogP contribution is -2.32. The van der Waals surface area contributed by atoms with E-state index in [4.69, 9.17) is 9.76 Å². The molecule has 1 unspecified atom stereocenters.